The topological polar surface area (TPSA) is 49.3 Å². The summed E-state index contributed by atoms with van der Waals surface area (Å²) in [6.07, 6.45) is 3.00. The number of rotatable bonds is 6. The van der Waals surface area contributed by atoms with Crippen molar-refractivity contribution in [3.05, 3.63) is 65.5 Å². The molecule has 0 radical (unpaired) electrons. The zero-order chi connectivity index (χ0) is 16.5. The number of halogens is 3. The number of hydrogen-bond acceptors (Lipinski definition) is 2. The second-order valence-corrected chi connectivity index (χ2v) is 4.98. The van der Waals surface area contributed by atoms with Crippen molar-refractivity contribution >= 4 is 29.9 Å². The van der Waals surface area contributed by atoms with Gasteiger partial charge in [0.05, 0.1) is 0 Å². The van der Waals surface area contributed by atoms with Gasteiger partial charge in [-0.2, -0.15) is 0 Å². The third kappa shape index (κ3) is 6.77. The van der Waals surface area contributed by atoms with Crippen LogP contribution in [0, 0.1) is 11.6 Å². The predicted octanol–water partition coefficient (Wildman–Crippen LogP) is 2.93. The van der Waals surface area contributed by atoms with Crippen LogP contribution in [0.2, 0.25) is 0 Å². The van der Waals surface area contributed by atoms with Gasteiger partial charge in [0.25, 0.3) is 0 Å². The third-order valence-corrected chi connectivity index (χ3v) is 3.33. The molecule has 0 unspecified atom stereocenters. The van der Waals surface area contributed by atoms with E-state index in [0.717, 1.165) is 18.2 Å². The lowest BCUT2D eigenvalue weighted by molar-refractivity contribution is 0.570. The Morgan fingerprint density at radius 2 is 1.83 bits per heavy atom. The number of nitrogens with one attached hydrogen (secondary N) is 2. The molecule has 0 spiro atoms. The van der Waals surface area contributed by atoms with E-state index in [9.17, 15) is 8.78 Å². The SMILES string of the molecule is CN=C(NCCc1ccccn1)NCCc1ccc(F)cc1F.I. The molecule has 2 aromatic rings. The Morgan fingerprint density at radius 1 is 1.08 bits per heavy atom. The maximum Gasteiger partial charge on any atom is 0.190 e. The molecule has 7 heteroatoms. The van der Waals surface area contributed by atoms with E-state index in [4.69, 9.17) is 0 Å². The van der Waals surface area contributed by atoms with Crippen molar-refractivity contribution < 1.29 is 8.78 Å². The first-order valence-electron chi connectivity index (χ1n) is 7.47. The van der Waals surface area contributed by atoms with Crippen LogP contribution in [0.15, 0.2) is 47.6 Å². The lowest BCUT2D eigenvalue weighted by Gasteiger charge is -2.12. The van der Waals surface area contributed by atoms with Crippen LogP contribution in [-0.2, 0) is 12.8 Å². The van der Waals surface area contributed by atoms with Crippen molar-refractivity contribution in [3.63, 3.8) is 0 Å². The van der Waals surface area contributed by atoms with E-state index in [1.165, 1.54) is 12.1 Å². The first-order chi connectivity index (χ1) is 11.2. The molecule has 0 saturated carbocycles. The molecule has 0 aliphatic heterocycles. The lowest BCUT2D eigenvalue weighted by Crippen LogP contribution is -2.39. The van der Waals surface area contributed by atoms with Crippen molar-refractivity contribution in [2.24, 2.45) is 4.99 Å². The van der Waals surface area contributed by atoms with Gasteiger partial charge in [0.2, 0.25) is 0 Å². The fraction of sp³-hybridized carbons (Fsp3) is 0.294. The van der Waals surface area contributed by atoms with E-state index >= 15 is 0 Å². The molecule has 0 bridgehead atoms. The smallest absolute Gasteiger partial charge is 0.190 e. The minimum Gasteiger partial charge on any atom is -0.356 e. The molecule has 0 saturated heterocycles. The molecule has 4 nitrogen and oxygen atoms in total. The third-order valence-electron chi connectivity index (χ3n) is 3.33. The largest absolute Gasteiger partial charge is 0.356 e. The average Bonchev–Trinajstić information content (AvgIpc) is 2.56. The summed E-state index contributed by atoms with van der Waals surface area (Å²) in [5.74, 6) is -0.445. The van der Waals surface area contributed by atoms with Crippen LogP contribution in [0.5, 0.6) is 0 Å². The van der Waals surface area contributed by atoms with E-state index in [0.29, 0.717) is 31.0 Å². The molecule has 24 heavy (non-hydrogen) atoms. The van der Waals surface area contributed by atoms with Crippen molar-refractivity contribution in [3.8, 4) is 0 Å². The second kappa shape index (κ2) is 10.9. The number of aromatic nitrogens is 1. The minimum absolute atomic E-state index is 0. The van der Waals surface area contributed by atoms with E-state index < -0.39 is 11.6 Å². The highest BCUT2D eigenvalue weighted by atomic mass is 127. The number of nitrogens with zero attached hydrogens (tertiary/aromatic N) is 2. The number of hydrogen-bond donors (Lipinski definition) is 2. The molecular weight excluding hydrogens is 425 g/mol. The van der Waals surface area contributed by atoms with Crippen molar-refractivity contribution in [2.45, 2.75) is 12.8 Å². The van der Waals surface area contributed by atoms with Gasteiger partial charge in [-0.3, -0.25) is 9.98 Å². The summed E-state index contributed by atoms with van der Waals surface area (Å²) in [7, 11) is 1.68. The number of aliphatic imine (C=N–C) groups is 1. The Labute approximate surface area is 157 Å². The van der Waals surface area contributed by atoms with Crippen LogP contribution in [0.25, 0.3) is 0 Å². The van der Waals surface area contributed by atoms with Crippen molar-refractivity contribution in [1.82, 2.24) is 15.6 Å². The van der Waals surface area contributed by atoms with Gasteiger partial charge in [-0.1, -0.05) is 12.1 Å². The summed E-state index contributed by atoms with van der Waals surface area (Å²) in [6, 6.07) is 9.42. The highest BCUT2D eigenvalue weighted by Gasteiger charge is 2.04. The van der Waals surface area contributed by atoms with Crippen LogP contribution in [0.4, 0.5) is 8.78 Å². The van der Waals surface area contributed by atoms with E-state index in [2.05, 4.69) is 20.6 Å². The quantitative estimate of drug-likeness (QED) is 0.408. The molecule has 2 N–H and O–H groups in total. The maximum absolute atomic E-state index is 13.5. The Bertz CT molecular complexity index is 650. The zero-order valence-electron chi connectivity index (χ0n) is 13.4. The van der Waals surface area contributed by atoms with Gasteiger partial charge < -0.3 is 10.6 Å². The Kier molecular flexibility index (Phi) is 9.21. The molecule has 1 heterocycles. The van der Waals surface area contributed by atoms with E-state index in [1.54, 1.807) is 13.2 Å². The van der Waals surface area contributed by atoms with E-state index in [-0.39, 0.29) is 24.0 Å². The van der Waals surface area contributed by atoms with Gasteiger partial charge >= 0.3 is 0 Å². The molecule has 0 aliphatic rings. The highest BCUT2D eigenvalue weighted by Crippen LogP contribution is 2.09. The summed E-state index contributed by atoms with van der Waals surface area (Å²) in [5.41, 5.74) is 1.48. The average molecular weight is 446 g/mol. The van der Waals surface area contributed by atoms with Crippen LogP contribution < -0.4 is 10.6 Å². The lowest BCUT2D eigenvalue weighted by atomic mass is 10.1. The number of guanidine groups is 1. The zero-order valence-corrected chi connectivity index (χ0v) is 15.8. The minimum atomic E-state index is -0.564. The van der Waals surface area contributed by atoms with Gasteiger partial charge in [0.15, 0.2) is 5.96 Å². The van der Waals surface area contributed by atoms with Crippen LogP contribution in [0.1, 0.15) is 11.3 Å². The first-order valence-corrected chi connectivity index (χ1v) is 7.47. The molecule has 0 aliphatic carbocycles. The van der Waals surface area contributed by atoms with E-state index in [1.807, 2.05) is 18.2 Å². The Morgan fingerprint density at radius 3 is 2.46 bits per heavy atom. The molecule has 2 rings (SSSR count). The van der Waals surface area contributed by atoms with Gasteiger partial charge in [0.1, 0.15) is 11.6 Å². The van der Waals surface area contributed by atoms with Crippen LogP contribution >= 0.6 is 24.0 Å². The van der Waals surface area contributed by atoms with Gasteiger partial charge in [-0.25, -0.2) is 8.78 Å². The molecule has 0 amide bonds. The fourth-order valence-electron chi connectivity index (χ4n) is 2.12. The predicted molar refractivity (Wildman–Crippen MR) is 103 cm³/mol. The van der Waals surface area contributed by atoms with Gasteiger partial charge in [-0.05, 0) is 30.2 Å². The normalized spacial score (nSPS) is 10.9. The summed E-state index contributed by atoms with van der Waals surface area (Å²) >= 11 is 0. The molecule has 0 fully saturated rings. The number of pyridine rings is 1. The van der Waals surface area contributed by atoms with Crippen LogP contribution in [-0.4, -0.2) is 31.1 Å². The summed E-state index contributed by atoms with van der Waals surface area (Å²) in [5, 5.41) is 6.28. The molecule has 130 valence electrons. The fourth-order valence-corrected chi connectivity index (χ4v) is 2.12. The monoisotopic (exact) mass is 446 g/mol. The second-order valence-electron chi connectivity index (χ2n) is 4.98. The summed E-state index contributed by atoms with van der Waals surface area (Å²) in [6.45, 7) is 1.20. The molecule has 1 aromatic heterocycles. The Balaban J connectivity index is 0.00000288. The molecule has 0 atom stereocenters. The molecular formula is C17H21F2IN4. The first kappa shape index (κ1) is 20.3. The van der Waals surface area contributed by atoms with Gasteiger partial charge in [-0.15, -0.1) is 24.0 Å². The van der Waals surface area contributed by atoms with Crippen LogP contribution in [0.3, 0.4) is 0 Å². The summed E-state index contributed by atoms with van der Waals surface area (Å²) < 4.78 is 26.4. The Hall–Kier alpha value is -1.77. The van der Waals surface area contributed by atoms with Crippen molar-refractivity contribution in [1.29, 1.82) is 0 Å². The standard InChI is InChI=1S/C17H20F2N4.HI/c1-20-17(23-11-8-15-4-2-3-9-21-15)22-10-7-13-5-6-14(18)12-16(13)19;/h2-6,9,12H,7-8,10-11H2,1H3,(H2,20,22,23);1H. The highest BCUT2D eigenvalue weighted by molar-refractivity contribution is 14.0. The van der Waals surface area contributed by atoms with Gasteiger partial charge in [0, 0.05) is 44.5 Å². The summed E-state index contributed by atoms with van der Waals surface area (Å²) in [4.78, 5) is 8.35. The number of benzene rings is 1. The maximum atomic E-state index is 13.5. The molecule has 1 aromatic carbocycles. The van der Waals surface area contributed by atoms with Crippen molar-refractivity contribution in [2.75, 3.05) is 20.1 Å².